The summed E-state index contributed by atoms with van der Waals surface area (Å²) in [4.78, 5) is 15.0. The van der Waals surface area contributed by atoms with Crippen molar-refractivity contribution in [2.75, 3.05) is 0 Å². The number of carboxylic acid groups (broad SMARTS) is 1. The molecule has 0 bridgehead atoms. The third kappa shape index (κ3) is 2.02. The fourth-order valence-corrected chi connectivity index (χ4v) is 1.34. The normalized spacial score (nSPS) is 12.5. The Balaban J connectivity index is 3.13. The second-order valence-corrected chi connectivity index (χ2v) is 3.19. The van der Waals surface area contributed by atoms with Crippen molar-refractivity contribution in [2.45, 2.75) is 20.3 Å². The second-order valence-electron chi connectivity index (χ2n) is 3.19. The van der Waals surface area contributed by atoms with E-state index < -0.39 is 5.97 Å². The highest BCUT2D eigenvalue weighted by molar-refractivity contribution is 5.95. The smallest absolute Gasteiger partial charge is 0.331 e. The molecule has 0 aliphatic rings. The Hall–Kier alpha value is -1.58. The van der Waals surface area contributed by atoms with Gasteiger partial charge in [-0.15, -0.1) is 0 Å². The van der Waals surface area contributed by atoms with Gasteiger partial charge in [0.05, 0.1) is 12.0 Å². The highest BCUT2D eigenvalue weighted by Crippen LogP contribution is 2.18. The van der Waals surface area contributed by atoms with Gasteiger partial charge in [-0.05, 0) is 18.9 Å². The van der Waals surface area contributed by atoms with Crippen LogP contribution in [-0.2, 0) is 11.8 Å². The highest BCUT2D eigenvalue weighted by Gasteiger charge is 2.11. The molecule has 4 nitrogen and oxygen atoms in total. The Kier molecular flexibility index (Phi) is 3.06. The average molecular weight is 194 g/mol. The molecule has 0 aliphatic carbocycles. The van der Waals surface area contributed by atoms with Crippen molar-refractivity contribution in [1.82, 2.24) is 9.55 Å². The average Bonchev–Trinajstić information content (AvgIpc) is 2.52. The molecule has 1 rings (SSSR count). The van der Waals surface area contributed by atoms with Crippen LogP contribution in [0.2, 0.25) is 0 Å². The molecular formula is C10H14N2O2. The van der Waals surface area contributed by atoms with Gasteiger partial charge in [-0.3, -0.25) is 0 Å². The molecule has 0 spiro atoms. The van der Waals surface area contributed by atoms with Crippen LogP contribution in [0.1, 0.15) is 26.0 Å². The summed E-state index contributed by atoms with van der Waals surface area (Å²) in [5.74, 6) is -0.865. The SMILES string of the molecule is CC/C(C(=O)O)=C(\C)c1cn(C)cn1. The van der Waals surface area contributed by atoms with Crippen molar-refractivity contribution in [3.8, 4) is 0 Å². The first-order chi connectivity index (χ1) is 6.56. The van der Waals surface area contributed by atoms with E-state index in [1.807, 2.05) is 20.2 Å². The van der Waals surface area contributed by atoms with Gasteiger partial charge < -0.3 is 9.67 Å². The number of carbonyl (C=O) groups is 1. The number of aromatic nitrogens is 2. The van der Waals surface area contributed by atoms with E-state index in [-0.39, 0.29) is 0 Å². The maximum absolute atomic E-state index is 10.9. The molecule has 76 valence electrons. The van der Waals surface area contributed by atoms with Gasteiger partial charge in [0.15, 0.2) is 0 Å². The van der Waals surface area contributed by atoms with E-state index >= 15 is 0 Å². The lowest BCUT2D eigenvalue weighted by Crippen LogP contribution is -2.02. The van der Waals surface area contributed by atoms with Crippen molar-refractivity contribution >= 4 is 11.5 Å². The molecule has 1 aromatic heterocycles. The third-order valence-electron chi connectivity index (χ3n) is 2.15. The Morgan fingerprint density at radius 3 is 2.64 bits per heavy atom. The van der Waals surface area contributed by atoms with Crippen LogP contribution in [0.3, 0.4) is 0 Å². The predicted octanol–water partition coefficient (Wildman–Crippen LogP) is 1.69. The molecule has 0 aromatic carbocycles. The first-order valence-corrected chi connectivity index (χ1v) is 4.47. The van der Waals surface area contributed by atoms with Crippen molar-refractivity contribution in [3.63, 3.8) is 0 Å². The van der Waals surface area contributed by atoms with Gasteiger partial charge in [0.2, 0.25) is 0 Å². The molecule has 0 saturated carbocycles. The van der Waals surface area contributed by atoms with Crippen LogP contribution in [0.25, 0.3) is 5.57 Å². The van der Waals surface area contributed by atoms with Crippen LogP contribution < -0.4 is 0 Å². The number of aryl methyl sites for hydroxylation is 1. The van der Waals surface area contributed by atoms with E-state index in [0.717, 1.165) is 11.3 Å². The molecular weight excluding hydrogens is 180 g/mol. The van der Waals surface area contributed by atoms with E-state index in [9.17, 15) is 4.79 Å². The Morgan fingerprint density at radius 1 is 1.64 bits per heavy atom. The Labute approximate surface area is 82.9 Å². The number of aliphatic carboxylic acids is 1. The maximum atomic E-state index is 10.9. The summed E-state index contributed by atoms with van der Waals surface area (Å²) in [7, 11) is 1.86. The van der Waals surface area contributed by atoms with Gasteiger partial charge in [0.25, 0.3) is 0 Å². The number of allylic oxidation sites excluding steroid dienone is 1. The van der Waals surface area contributed by atoms with Gasteiger partial charge in [-0.25, -0.2) is 9.78 Å². The van der Waals surface area contributed by atoms with Crippen LogP contribution in [0.4, 0.5) is 0 Å². The van der Waals surface area contributed by atoms with Crippen molar-refractivity contribution in [1.29, 1.82) is 0 Å². The lowest BCUT2D eigenvalue weighted by Gasteiger charge is -2.02. The summed E-state index contributed by atoms with van der Waals surface area (Å²) in [5.41, 5.74) is 1.89. The van der Waals surface area contributed by atoms with Crippen molar-refractivity contribution < 1.29 is 9.90 Å². The highest BCUT2D eigenvalue weighted by atomic mass is 16.4. The topological polar surface area (TPSA) is 55.1 Å². The van der Waals surface area contributed by atoms with Gasteiger partial charge in [0, 0.05) is 18.8 Å². The Morgan fingerprint density at radius 2 is 2.29 bits per heavy atom. The minimum Gasteiger partial charge on any atom is -0.478 e. The van der Waals surface area contributed by atoms with E-state index in [4.69, 9.17) is 5.11 Å². The molecule has 0 unspecified atom stereocenters. The van der Waals surface area contributed by atoms with Crippen LogP contribution in [-0.4, -0.2) is 20.6 Å². The summed E-state index contributed by atoms with van der Waals surface area (Å²) >= 11 is 0. The molecule has 0 fully saturated rings. The first kappa shape index (κ1) is 10.5. The van der Waals surface area contributed by atoms with Crippen LogP contribution in [0.5, 0.6) is 0 Å². The second kappa shape index (κ2) is 4.09. The molecule has 0 atom stereocenters. The summed E-state index contributed by atoms with van der Waals surface area (Å²) in [5, 5.41) is 8.92. The fourth-order valence-electron chi connectivity index (χ4n) is 1.34. The molecule has 14 heavy (non-hydrogen) atoms. The maximum Gasteiger partial charge on any atom is 0.331 e. The third-order valence-corrected chi connectivity index (χ3v) is 2.15. The predicted molar refractivity (Wildman–Crippen MR) is 53.7 cm³/mol. The van der Waals surface area contributed by atoms with Gasteiger partial charge in [-0.2, -0.15) is 0 Å². The van der Waals surface area contributed by atoms with Gasteiger partial charge >= 0.3 is 5.97 Å². The molecule has 1 aromatic rings. The van der Waals surface area contributed by atoms with Crippen LogP contribution >= 0.6 is 0 Å². The van der Waals surface area contributed by atoms with Crippen molar-refractivity contribution in [2.24, 2.45) is 7.05 Å². The van der Waals surface area contributed by atoms with E-state index in [1.165, 1.54) is 0 Å². The molecule has 0 amide bonds. The molecule has 4 heteroatoms. The van der Waals surface area contributed by atoms with Crippen molar-refractivity contribution in [3.05, 3.63) is 23.8 Å². The zero-order valence-corrected chi connectivity index (χ0v) is 8.61. The monoisotopic (exact) mass is 194 g/mol. The summed E-state index contributed by atoms with van der Waals surface area (Å²) in [6, 6.07) is 0. The lowest BCUT2D eigenvalue weighted by molar-refractivity contribution is -0.132. The number of hydrogen-bond donors (Lipinski definition) is 1. The summed E-state index contributed by atoms with van der Waals surface area (Å²) in [6.07, 6.45) is 3.99. The number of rotatable bonds is 3. The molecule has 0 aliphatic heterocycles. The zero-order valence-electron chi connectivity index (χ0n) is 8.61. The van der Waals surface area contributed by atoms with E-state index in [2.05, 4.69) is 4.98 Å². The standard InChI is InChI=1S/C10H14N2O2/c1-4-8(10(13)14)7(2)9-5-12(3)6-11-9/h5-6H,4H2,1-3H3,(H,13,14)/b8-7-. The fraction of sp³-hybridized carbons (Fsp3) is 0.400. The van der Waals surface area contributed by atoms with Crippen LogP contribution in [0, 0.1) is 0 Å². The molecule has 0 saturated heterocycles. The van der Waals surface area contributed by atoms with Gasteiger partial charge in [-0.1, -0.05) is 6.92 Å². The molecule has 0 radical (unpaired) electrons. The molecule has 1 N–H and O–H groups in total. The summed E-state index contributed by atoms with van der Waals surface area (Å²) < 4.78 is 1.80. The number of imidazole rings is 1. The minimum atomic E-state index is -0.865. The first-order valence-electron chi connectivity index (χ1n) is 4.47. The Bertz CT molecular complexity index is 377. The largest absolute Gasteiger partial charge is 0.478 e. The van der Waals surface area contributed by atoms with E-state index in [0.29, 0.717) is 12.0 Å². The zero-order chi connectivity index (χ0) is 10.7. The number of nitrogens with zero attached hydrogens (tertiary/aromatic N) is 2. The molecule has 1 heterocycles. The summed E-state index contributed by atoms with van der Waals surface area (Å²) in [6.45, 7) is 3.62. The quantitative estimate of drug-likeness (QED) is 0.745. The minimum absolute atomic E-state index is 0.420. The number of hydrogen-bond acceptors (Lipinski definition) is 2. The van der Waals surface area contributed by atoms with E-state index in [1.54, 1.807) is 17.8 Å². The number of carboxylic acids is 1. The van der Waals surface area contributed by atoms with Crippen LogP contribution in [0.15, 0.2) is 18.1 Å². The van der Waals surface area contributed by atoms with Gasteiger partial charge in [0.1, 0.15) is 0 Å². The lowest BCUT2D eigenvalue weighted by atomic mass is 10.1.